The van der Waals surface area contributed by atoms with Gasteiger partial charge in [0.05, 0.1) is 13.2 Å². The van der Waals surface area contributed by atoms with E-state index in [2.05, 4.69) is 53.1 Å². The third-order valence-corrected chi connectivity index (χ3v) is 6.15. The molecule has 7 heteroatoms. The number of amides is 1. The van der Waals surface area contributed by atoms with E-state index in [-0.39, 0.29) is 11.9 Å². The molecule has 1 amide bonds. The van der Waals surface area contributed by atoms with Gasteiger partial charge in [0, 0.05) is 67.4 Å². The number of methoxy groups -OCH3 is 1. The first-order valence-electron chi connectivity index (χ1n) is 12.2. The van der Waals surface area contributed by atoms with Crippen LogP contribution in [0.1, 0.15) is 41.3 Å². The van der Waals surface area contributed by atoms with Gasteiger partial charge in [0.2, 0.25) is 0 Å². The molecule has 0 spiro atoms. The minimum atomic E-state index is -0.215. The Bertz CT molecular complexity index is 1180. The lowest BCUT2D eigenvalue weighted by molar-refractivity contribution is -0.143. The van der Waals surface area contributed by atoms with Crippen molar-refractivity contribution in [3.63, 3.8) is 0 Å². The maximum absolute atomic E-state index is 13.2. The zero-order valence-electron chi connectivity index (χ0n) is 20.4. The van der Waals surface area contributed by atoms with E-state index < -0.39 is 0 Å². The van der Waals surface area contributed by atoms with Gasteiger partial charge in [0.1, 0.15) is 0 Å². The summed E-state index contributed by atoms with van der Waals surface area (Å²) in [5, 5.41) is 9.02. The number of carbonyl (C=O) groups excluding carboxylic acids is 2. The Kier molecular flexibility index (Phi) is 8.21. The zero-order valence-corrected chi connectivity index (χ0v) is 20.4. The lowest BCUT2D eigenvalue weighted by atomic mass is 9.93. The summed E-state index contributed by atoms with van der Waals surface area (Å²) in [7, 11) is 1.69. The molecule has 1 aliphatic rings. The van der Waals surface area contributed by atoms with E-state index in [4.69, 9.17) is 9.47 Å². The lowest BCUT2D eigenvalue weighted by Crippen LogP contribution is -2.35. The standard InChI is InChI=1S/C28H33N3O4/c1-3-35-26(32)8-5-17-31-18-21-11-14-25(23-6-4-7-24(27(21)23)28(31)33)30-16-15-29-22-12-9-20(10-13-22)19-34-2/h4,6-7,9-14,29-30H,3,5,8,15-19H2,1-2H3. The highest BCUT2D eigenvalue weighted by Crippen LogP contribution is 2.34. The van der Waals surface area contributed by atoms with Crippen LogP contribution in [0.2, 0.25) is 0 Å². The van der Waals surface area contributed by atoms with Crippen molar-refractivity contribution in [1.82, 2.24) is 4.90 Å². The number of carbonyl (C=O) groups is 2. The number of esters is 1. The number of ether oxygens (including phenoxy) is 2. The summed E-state index contributed by atoms with van der Waals surface area (Å²) in [4.78, 5) is 26.6. The Labute approximate surface area is 206 Å². The van der Waals surface area contributed by atoms with Crippen LogP contribution in [0.25, 0.3) is 10.8 Å². The summed E-state index contributed by atoms with van der Waals surface area (Å²) in [5.74, 6) is -0.199. The molecule has 0 fully saturated rings. The van der Waals surface area contributed by atoms with Gasteiger partial charge in [0.15, 0.2) is 0 Å². The van der Waals surface area contributed by atoms with Crippen LogP contribution in [0.15, 0.2) is 54.6 Å². The molecule has 35 heavy (non-hydrogen) atoms. The van der Waals surface area contributed by atoms with E-state index in [1.165, 1.54) is 0 Å². The van der Waals surface area contributed by atoms with E-state index in [1.807, 2.05) is 17.0 Å². The van der Waals surface area contributed by atoms with Crippen LogP contribution in [0, 0.1) is 0 Å². The van der Waals surface area contributed by atoms with Crippen molar-refractivity contribution in [2.45, 2.75) is 32.9 Å². The number of anilines is 2. The van der Waals surface area contributed by atoms with Crippen LogP contribution < -0.4 is 10.6 Å². The number of hydrogen-bond donors (Lipinski definition) is 2. The molecular weight excluding hydrogens is 442 g/mol. The first-order valence-corrected chi connectivity index (χ1v) is 12.2. The third kappa shape index (κ3) is 5.92. The summed E-state index contributed by atoms with van der Waals surface area (Å²) in [5.41, 5.74) is 5.08. The highest BCUT2D eigenvalue weighted by molar-refractivity contribution is 6.12. The van der Waals surface area contributed by atoms with Crippen LogP contribution in [0.5, 0.6) is 0 Å². The maximum Gasteiger partial charge on any atom is 0.305 e. The Morgan fingerprint density at radius 2 is 1.83 bits per heavy atom. The number of rotatable bonds is 12. The van der Waals surface area contributed by atoms with Gasteiger partial charge in [-0.15, -0.1) is 0 Å². The molecule has 0 unspecified atom stereocenters. The Balaban J connectivity index is 1.38. The Morgan fingerprint density at radius 1 is 1.03 bits per heavy atom. The fraction of sp³-hybridized carbons (Fsp3) is 0.357. The number of benzene rings is 3. The number of nitrogens with one attached hydrogen (secondary N) is 2. The SMILES string of the molecule is CCOC(=O)CCCN1Cc2ccc(NCCNc3ccc(COC)cc3)c3cccc(c23)C1=O. The molecule has 0 atom stereocenters. The molecule has 0 bridgehead atoms. The Hall–Kier alpha value is -3.58. The molecule has 2 N–H and O–H groups in total. The van der Waals surface area contributed by atoms with Crippen LogP contribution in [-0.2, 0) is 27.4 Å². The summed E-state index contributed by atoms with van der Waals surface area (Å²) >= 11 is 0. The van der Waals surface area contributed by atoms with E-state index in [0.29, 0.717) is 39.1 Å². The molecule has 0 saturated carbocycles. The predicted octanol–water partition coefficient (Wildman–Crippen LogP) is 4.81. The second kappa shape index (κ2) is 11.7. The summed E-state index contributed by atoms with van der Waals surface area (Å²) in [6.45, 7) is 5.38. The van der Waals surface area contributed by atoms with Crippen molar-refractivity contribution in [2.24, 2.45) is 0 Å². The molecule has 1 aliphatic heterocycles. The smallest absolute Gasteiger partial charge is 0.305 e. The predicted molar refractivity (Wildman–Crippen MR) is 139 cm³/mol. The minimum Gasteiger partial charge on any atom is -0.466 e. The molecule has 0 aliphatic carbocycles. The molecule has 0 aromatic heterocycles. The van der Waals surface area contributed by atoms with E-state index in [0.717, 1.165) is 51.9 Å². The van der Waals surface area contributed by atoms with Crippen LogP contribution in [0.4, 0.5) is 11.4 Å². The number of hydrogen-bond acceptors (Lipinski definition) is 6. The van der Waals surface area contributed by atoms with Crippen LogP contribution >= 0.6 is 0 Å². The van der Waals surface area contributed by atoms with Crippen molar-refractivity contribution in [3.05, 3.63) is 71.3 Å². The fourth-order valence-corrected chi connectivity index (χ4v) is 4.51. The second-order valence-corrected chi connectivity index (χ2v) is 8.62. The minimum absolute atomic E-state index is 0.0164. The quantitative estimate of drug-likeness (QED) is 0.289. The summed E-state index contributed by atoms with van der Waals surface area (Å²) in [6.07, 6.45) is 0.917. The lowest BCUT2D eigenvalue weighted by Gasteiger charge is -2.29. The molecule has 3 aromatic carbocycles. The first kappa shape index (κ1) is 24.5. The van der Waals surface area contributed by atoms with Gasteiger partial charge >= 0.3 is 5.97 Å². The van der Waals surface area contributed by atoms with Gasteiger partial charge in [0.25, 0.3) is 5.91 Å². The topological polar surface area (TPSA) is 79.9 Å². The van der Waals surface area contributed by atoms with E-state index in [9.17, 15) is 9.59 Å². The van der Waals surface area contributed by atoms with Gasteiger partial charge in [-0.2, -0.15) is 0 Å². The summed E-state index contributed by atoms with van der Waals surface area (Å²) in [6, 6.07) is 18.3. The van der Waals surface area contributed by atoms with E-state index >= 15 is 0 Å². The first-order chi connectivity index (χ1) is 17.1. The van der Waals surface area contributed by atoms with Crippen molar-refractivity contribution in [3.8, 4) is 0 Å². The van der Waals surface area contributed by atoms with Crippen molar-refractivity contribution >= 4 is 34.0 Å². The second-order valence-electron chi connectivity index (χ2n) is 8.62. The van der Waals surface area contributed by atoms with Gasteiger partial charge in [-0.25, -0.2) is 0 Å². The highest BCUT2D eigenvalue weighted by Gasteiger charge is 2.26. The maximum atomic E-state index is 13.2. The molecular formula is C28H33N3O4. The van der Waals surface area contributed by atoms with Gasteiger partial charge in [-0.1, -0.05) is 30.3 Å². The normalized spacial score (nSPS) is 12.6. The van der Waals surface area contributed by atoms with Gasteiger partial charge < -0.3 is 25.0 Å². The molecule has 1 heterocycles. The van der Waals surface area contributed by atoms with Crippen LogP contribution in [-0.4, -0.2) is 50.1 Å². The van der Waals surface area contributed by atoms with Gasteiger partial charge in [-0.3, -0.25) is 9.59 Å². The molecule has 0 saturated heterocycles. The van der Waals surface area contributed by atoms with Gasteiger partial charge in [-0.05, 0) is 48.7 Å². The monoisotopic (exact) mass is 475 g/mol. The van der Waals surface area contributed by atoms with Crippen molar-refractivity contribution in [1.29, 1.82) is 0 Å². The van der Waals surface area contributed by atoms with Crippen molar-refractivity contribution in [2.75, 3.05) is 44.0 Å². The molecule has 184 valence electrons. The summed E-state index contributed by atoms with van der Waals surface area (Å²) < 4.78 is 10.1. The number of nitrogens with zero attached hydrogens (tertiary/aromatic N) is 1. The molecule has 4 rings (SSSR count). The Morgan fingerprint density at radius 3 is 2.60 bits per heavy atom. The average Bonchev–Trinajstić information content (AvgIpc) is 2.87. The highest BCUT2D eigenvalue weighted by atomic mass is 16.5. The third-order valence-electron chi connectivity index (χ3n) is 6.15. The molecule has 3 aromatic rings. The average molecular weight is 476 g/mol. The largest absolute Gasteiger partial charge is 0.466 e. The fourth-order valence-electron chi connectivity index (χ4n) is 4.51. The zero-order chi connectivity index (χ0) is 24.6. The van der Waals surface area contributed by atoms with Crippen LogP contribution in [0.3, 0.4) is 0 Å². The molecule has 7 nitrogen and oxygen atoms in total. The van der Waals surface area contributed by atoms with Crippen molar-refractivity contribution < 1.29 is 19.1 Å². The van der Waals surface area contributed by atoms with E-state index in [1.54, 1.807) is 14.0 Å². The molecule has 0 radical (unpaired) electrons.